The standard InChI is InChI=1S/C15H25NO3/c1-5-7-13(19-6-2)15(16)11-8-9-12(17-3)14(10-11)18-4/h8-10,13,15H,5-7,16H2,1-4H3. The number of benzene rings is 1. The van der Waals surface area contributed by atoms with Gasteiger partial charge in [0.2, 0.25) is 0 Å². The summed E-state index contributed by atoms with van der Waals surface area (Å²) in [5.41, 5.74) is 7.31. The Morgan fingerprint density at radius 3 is 2.32 bits per heavy atom. The van der Waals surface area contributed by atoms with Crippen LogP contribution in [0.1, 0.15) is 38.3 Å². The molecular formula is C15H25NO3. The number of hydrogen-bond acceptors (Lipinski definition) is 4. The van der Waals surface area contributed by atoms with E-state index in [9.17, 15) is 0 Å². The summed E-state index contributed by atoms with van der Waals surface area (Å²) in [7, 11) is 3.25. The van der Waals surface area contributed by atoms with Crippen LogP contribution in [0.5, 0.6) is 11.5 Å². The first-order chi connectivity index (χ1) is 9.17. The molecule has 0 heterocycles. The third kappa shape index (κ3) is 4.11. The minimum atomic E-state index is -0.153. The highest BCUT2D eigenvalue weighted by Crippen LogP contribution is 2.31. The molecule has 0 aromatic heterocycles. The van der Waals surface area contributed by atoms with Crippen LogP contribution in [0.25, 0.3) is 0 Å². The fourth-order valence-corrected chi connectivity index (χ4v) is 2.14. The van der Waals surface area contributed by atoms with Crippen molar-refractivity contribution in [2.75, 3.05) is 20.8 Å². The third-order valence-electron chi connectivity index (χ3n) is 3.15. The summed E-state index contributed by atoms with van der Waals surface area (Å²) >= 11 is 0. The number of ether oxygens (including phenoxy) is 3. The van der Waals surface area contributed by atoms with Gasteiger partial charge in [0.1, 0.15) is 0 Å². The Balaban J connectivity index is 2.93. The fraction of sp³-hybridized carbons (Fsp3) is 0.600. The Morgan fingerprint density at radius 1 is 1.11 bits per heavy atom. The highest BCUT2D eigenvalue weighted by atomic mass is 16.5. The summed E-state index contributed by atoms with van der Waals surface area (Å²) < 4.78 is 16.3. The summed E-state index contributed by atoms with van der Waals surface area (Å²) in [6, 6.07) is 5.61. The van der Waals surface area contributed by atoms with Gasteiger partial charge in [-0.3, -0.25) is 0 Å². The molecule has 1 aromatic carbocycles. The van der Waals surface area contributed by atoms with Crippen molar-refractivity contribution in [1.82, 2.24) is 0 Å². The van der Waals surface area contributed by atoms with Crippen molar-refractivity contribution in [1.29, 1.82) is 0 Å². The molecular weight excluding hydrogens is 242 g/mol. The van der Waals surface area contributed by atoms with Crippen LogP contribution >= 0.6 is 0 Å². The lowest BCUT2D eigenvalue weighted by Gasteiger charge is -2.24. The minimum Gasteiger partial charge on any atom is -0.493 e. The van der Waals surface area contributed by atoms with Crippen LogP contribution in [0.2, 0.25) is 0 Å². The number of hydrogen-bond donors (Lipinski definition) is 1. The Morgan fingerprint density at radius 2 is 1.79 bits per heavy atom. The van der Waals surface area contributed by atoms with Crippen LogP contribution in [0.3, 0.4) is 0 Å². The normalized spacial score (nSPS) is 13.9. The SMILES string of the molecule is CCCC(OCC)C(N)c1ccc(OC)c(OC)c1. The van der Waals surface area contributed by atoms with Crippen molar-refractivity contribution in [2.45, 2.75) is 38.8 Å². The van der Waals surface area contributed by atoms with Crippen molar-refractivity contribution >= 4 is 0 Å². The van der Waals surface area contributed by atoms with Gasteiger partial charge in [0.25, 0.3) is 0 Å². The van der Waals surface area contributed by atoms with Gasteiger partial charge in [-0.1, -0.05) is 19.4 Å². The molecule has 4 nitrogen and oxygen atoms in total. The van der Waals surface area contributed by atoms with E-state index in [0.717, 1.165) is 18.4 Å². The second kappa shape index (κ2) is 8.02. The van der Waals surface area contributed by atoms with E-state index in [2.05, 4.69) is 6.92 Å². The Kier molecular flexibility index (Phi) is 6.67. The Labute approximate surface area is 115 Å². The smallest absolute Gasteiger partial charge is 0.161 e. The average molecular weight is 267 g/mol. The topological polar surface area (TPSA) is 53.7 Å². The predicted molar refractivity (Wildman–Crippen MR) is 76.8 cm³/mol. The van der Waals surface area contributed by atoms with Gasteiger partial charge in [0, 0.05) is 6.61 Å². The first-order valence-corrected chi connectivity index (χ1v) is 6.76. The van der Waals surface area contributed by atoms with E-state index in [1.54, 1.807) is 14.2 Å². The molecule has 1 aromatic rings. The van der Waals surface area contributed by atoms with Gasteiger partial charge in [0.05, 0.1) is 26.4 Å². The van der Waals surface area contributed by atoms with Crippen LogP contribution in [0.4, 0.5) is 0 Å². The van der Waals surface area contributed by atoms with Crippen LogP contribution < -0.4 is 15.2 Å². The minimum absolute atomic E-state index is 0.0353. The quantitative estimate of drug-likeness (QED) is 0.787. The van der Waals surface area contributed by atoms with E-state index in [0.29, 0.717) is 18.1 Å². The van der Waals surface area contributed by atoms with E-state index in [1.807, 2.05) is 25.1 Å². The van der Waals surface area contributed by atoms with Gasteiger partial charge in [-0.25, -0.2) is 0 Å². The van der Waals surface area contributed by atoms with Gasteiger partial charge in [-0.2, -0.15) is 0 Å². The molecule has 0 saturated heterocycles. The van der Waals surface area contributed by atoms with Gasteiger partial charge >= 0.3 is 0 Å². The van der Waals surface area contributed by atoms with Crippen molar-refractivity contribution in [3.05, 3.63) is 23.8 Å². The number of methoxy groups -OCH3 is 2. The zero-order chi connectivity index (χ0) is 14.3. The van der Waals surface area contributed by atoms with E-state index in [-0.39, 0.29) is 12.1 Å². The molecule has 0 aliphatic carbocycles. The fourth-order valence-electron chi connectivity index (χ4n) is 2.14. The molecule has 2 unspecified atom stereocenters. The van der Waals surface area contributed by atoms with Crippen LogP contribution in [-0.4, -0.2) is 26.9 Å². The van der Waals surface area contributed by atoms with E-state index < -0.39 is 0 Å². The molecule has 2 atom stereocenters. The van der Waals surface area contributed by atoms with Crippen LogP contribution in [-0.2, 0) is 4.74 Å². The summed E-state index contributed by atoms with van der Waals surface area (Å²) in [5, 5.41) is 0. The average Bonchev–Trinajstić information content (AvgIpc) is 2.45. The Hall–Kier alpha value is -1.26. The molecule has 2 N–H and O–H groups in total. The molecule has 0 aliphatic heterocycles. The first-order valence-electron chi connectivity index (χ1n) is 6.76. The monoisotopic (exact) mass is 267 g/mol. The van der Waals surface area contributed by atoms with E-state index in [1.165, 1.54) is 0 Å². The van der Waals surface area contributed by atoms with Gasteiger partial charge in [0.15, 0.2) is 11.5 Å². The molecule has 0 fully saturated rings. The first kappa shape index (κ1) is 15.8. The second-order valence-electron chi connectivity index (χ2n) is 4.42. The maximum Gasteiger partial charge on any atom is 0.161 e. The molecule has 0 amide bonds. The van der Waals surface area contributed by atoms with Crippen molar-refractivity contribution in [2.24, 2.45) is 5.73 Å². The van der Waals surface area contributed by atoms with Crippen LogP contribution in [0.15, 0.2) is 18.2 Å². The van der Waals surface area contributed by atoms with E-state index in [4.69, 9.17) is 19.9 Å². The lowest BCUT2D eigenvalue weighted by molar-refractivity contribution is 0.0374. The molecule has 19 heavy (non-hydrogen) atoms. The summed E-state index contributed by atoms with van der Waals surface area (Å²) in [6.45, 7) is 4.79. The molecule has 0 aliphatic rings. The molecule has 4 heteroatoms. The molecule has 0 radical (unpaired) electrons. The zero-order valence-electron chi connectivity index (χ0n) is 12.3. The van der Waals surface area contributed by atoms with Crippen LogP contribution in [0, 0.1) is 0 Å². The maximum absolute atomic E-state index is 6.31. The molecule has 1 rings (SSSR count). The molecule has 0 saturated carbocycles. The highest BCUT2D eigenvalue weighted by Gasteiger charge is 2.20. The lowest BCUT2D eigenvalue weighted by atomic mass is 9.98. The van der Waals surface area contributed by atoms with Crippen molar-refractivity contribution < 1.29 is 14.2 Å². The highest BCUT2D eigenvalue weighted by molar-refractivity contribution is 5.43. The van der Waals surface area contributed by atoms with Gasteiger partial charge in [-0.05, 0) is 31.0 Å². The summed E-state index contributed by atoms with van der Waals surface area (Å²) in [6.07, 6.45) is 2.03. The Bertz CT molecular complexity index is 376. The molecule has 108 valence electrons. The second-order valence-corrected chi connectivity index (χ2v) is 4.42. The lowest BCUT2D eigenvalue weighted by Crippen LogP contribution is -2.29. The number of nitrogens with two attached hydrogens (primary N) is 1. The largest absolute Gasteiger partial charge is 0.493 e. The van der Waals surface area contributed by atoms with Gasteiger partial charge < -0.3 is 19.9 Å². The zero-order valence-corrected chi connectivity index (χ0v) is 12.3. The van der Waals surface area contributed by atoms with Gasteiger partial charge in [-0.15, -0.1) is 0 Å². The molecule has 0 bridgehead atoms. The third-order valence-corrected chi connectivity index (χ3v) is 3.15. The summed E-state index contributed by atoms with van der Waals surface area (Å²) in [4.78, 5) is 0. The van der Waals surface area contributed by atoms with Crippen molar-refractivity contribution in [3.63, 3.8) is 0 Å². The van der Waals surface area contributed by atoms with Crippen molar-refractivity contribution in [3.8, 4) is 11.5 Å². The van der Waals surface area contributed by atoms with E-state index >= 15 is 0 Å². The number of rotatable bonds is 8. The molecule has 0 spiro atoms. The predicted octanol–water partition coefficient (Wildman–Crippen LogP) is 2.91. The summed E-state index contributed by atoms with van der Waals surface area (Å²) in [5.74, 6) is 1.41. The maximum atomic E-state index is 6.31.